The third kappa shape index (κ3) is 5.62. The third-order valence-electron chi connectivity index (χ3n) is 10.8. The van der Waals surface area contributed by atoms with Gasteiger partial charge in [-0.1, -0.05) is 146 Å². The Morgan fingerprint density at radius 2 is 1.51 bits per heavy atom. The van der Waals surface area contributed by atoms with E-state index in [9.17, 15) is 0 Å². The first kappa shape index (κ1) is 32.3. The molecule has 2 aliphatic rings. The number of hydrogen-bond acceptors (Lipinski definition) is 2. The van der Waals surface area contributed by atoms with Gasteiger partial charge in [0.2, 0.25) is 0 Å². The normalized spacial score (nSPS) is 15.8. The molecule has 6 aromatic carbocycles. The van der Waals surface area contributed by atoms with E-state index in [1.54, 1.807) is 0 Å². The first-order chi connectivity index (χ1) is 26.1. The Balaban J connectivity index is 1.23. The lowest BCUT2D eigenvalue weighted by Crippen LogP contribution is -2.15. The molecule has 0 saturated carbocycles. The van der Waals surface area contributed by atoms with E-state index >= 15 is 0 Å². The second-order valence-electron chi connectivity index (χ2n) is 13.8. The topological polar surface area (TPSA) is 29.6 Å². The molecule has 0 bridgehead atoms. The fourth-order valence-corrected chi connectivity index (χ4v) is 8.14. The van der Waals surface area contributed by atoms with Gasteiger partial charge in [-0.3, -0.25) is 9.98 Å². The molecule has 53 heavy (non-hydrogen) atoms. The van der Waals surface area contributed by atoms with Gasteiger partial charge in [0.05, 0.1) is 22.4 Å². The maximum absolute atomic E-state index is 5.52. The smallest absolute Gasteiger partial charge is 0.115 e. The fraction of sp³-hybridized carbons (Fsp3) is 0.0800. The van der Waals surface area contributed by atoms with E-state index in [0.717, 1.165) is 52.0 Å². The lowest BCUT2D eigenvalue weighted by atomic mass is 9.84. The SMILES string of the molecule is C=Cc1ccc2cc3c4ccccc4n(C/N=C4/C5=C(C=C/C4=C(/N=C)c4ccc(-c6ccccc6)cc4)CCC=C5)c3cc2c1-c1ccccc1C. The van der Waals surface area contributed by atoms with Crippen LogP contribution in [0.15, 0.2) is 185 Å². The van der Waals surface area contributed by atoms with Crippen LogP contribution in [0.1, 0.15) is 29.5 Å². The number of benzene rings is 6. The minimum atomic E-state index is 0.449. The number of rotatable bonds is 7. The van der Waals surface area contributed by atoms with Gasteiger partial charge in [-0.05, 0) is 94.4 Å². The molecule has 0 saturated heterocycles. The van der Waals surface area contributed by atoms with Gasteiger partial charge in [-0.25, -0.2) is 0 Å². The predicted octanol–water partition coefficient (Wildman–Crippen LogP) is 13.0. The maximum atomic E-state index is 5.52. The van der Waals surface area contributed by atoms with Crippen molar-refractivity contribution >= 4 is 56.8 Å². The standard InChI is InChI=1S/C50H39N3/c1-4-34-22-27-39-30-45-42-20-12-13-21-46(42)53(47(45)31-44(39)48(34)40-18-10-8-14-33(40)2)32-52-50-41-19-11-9-17-37(41)28-29-43(50)49(51-3)38-25-23-36(24-26-38)35-15-6-5-7-16-35/h4-8,10-16,18-31H,1,3,9,17,32H2,2H3/b49-43-,52-50-. The second-order valence-corrected chi connectivity index (χ2v) is 13.8. The van der Waals surface area contributed by atoms with Crippen molar-refractivity contribution in [1.82, 2.24) is 4.57 Å². The van der Waals surface area contributed by atoms with E-state index in [1.807, 2.05) is 12.1 Å². The number of aliphatic imine (C=N–C) groups is 2. The number of nitrogens with zero attached hydrogens (tertiary/aromatic N) is 3. The van der Waals surface area contributed by atoms with Gasteiger partial charge in [-0.2, -0.15) is 0 Å². The van der Waals surface area contributed by atoms with Crippen LogP contribution in [-0.4, -0.2) is 17.0 Å². The molecule has 2 aliphatic carbocycles. The second kappa shape index (κ2) is 13.5. The van der Waals surface area contributed by atoms with Crippen LogP contribution in [0.2, 0.25) is 0 Å². The summed E-state index contributed by atoms with van der Waals surface area (Å²) in [6.07, 6.45) is 12.9. The van der Waals surface area contributed by atoms with Crippen molar-refractivity contribution in [2.75, 3.05) is 0 Å². The zero-order valence-corrected chi connectivity index (χ0v) is 29.9. The summed E-state index contributed by atoms with van der Waals surface area (Å²) in [5, 5.41) is 4.86. The number of fused-ring (bicyclic) bond motifs is 4. The molecule has 0 unspecified atom stereocenters. The van der Waals surface area contributed by atoms with Gasteiger partial charge in [0.25, 0.3) is 0 Å². The summed E-state index contributed by atoms with van der Waals surface area (Å²) in [4.78, 5) is 10.2. The Kier molecular flexibility index (Phi) is 8.25. The molecular formula is C50H39N3. The molecule has 1 aromatic heterocycles. The van der Waals surface area contributed by atoms with Crippen molar-refractivity contribution in [1.29, 1.82) is 0 Å². The molecule has 0 N–H and O–H groups in total. The highest BCUT2D eigenvalue weighted by Gasteiger charge is 2.23. The molecule has 0 spiro atoms. The average molecular weight is 682 g/mol. The van der Waals surface area contributed by atoms with Crippen molar-refractivity contribution < 1.29 is 0 Å². The van der Waals surface area contributed by atoms with Gasteiger partial charge < -0.3 is 4.57 Å². The van der Waals surface area contributed by atoms with Gasteiger partial charge in [-0.15, -0.1) is 0 Å². The van der Waals surface area contributed by atoms with Gasteiger partial charge in [0, 0.05) is 27.5 Å². The van der Waals surface area contributed by atoms with Crippen LogP contribution in [0.5, 0.6) is 0 Å². The van der Waals surface area contributed by atoms with E-state index in [2.05, 4.69) is 175 Å². The summed E-state index contributed by atoms with van der Waals surface area (Å²) in [6, 6.07) is 45.5. The number of aryl methyl sites for hydroxylation is 1. The monoisotopic (exact) mass is 681 g/mol. The Hall–Kier alpha value is -6.58. The molecule has 3 nitrogen and oxygen atoms in total. The molecule has 0 aliphatic heterocycles. The highest BCUT2D eigenvalue weighted by molar-refractivity contribution is 6.21. The molecular weight excluding hydrogens is 643 g/mol. The summed E-state index contributed by atoms with van der Waals surface area (Å²) >= 11 is 0. The van der Waals surface area contributed by atoms with E-state index in [0.29, 0.717) is 6.67 Å². The van der Waals surface area contributed by atoms with E-state index < -0.39 is 0 Å². The van der Waals surface area contributed by atoms with Crippen molar-refractivity contribution in [3.63, 3.8) is 0 Å². The van der Waals surface area contributed by atoms with Crippen molar-refractivity contribution in [3.05, 3.63) is 192 Å². The van der Waals surface area contributed by atoms with Crippen LogP contribution >= 0.6 is 0 Å². The third-order valence-corrected chi connectivity index (χ3v) is 10.8. The van der Waals surface area contributed by atoms with Crippen LogP contribution in [-0.2, 0) is 6.67 Å². The molecule has 0 amide bonds. The van der Waals surface area contributed by atoms with E-state index in [1.165, 1.54) is 60.5 Å². The largest absolute Gasteiger partial charge is 0.320 e. The first-order valence-corrected chi connectivity index (χ1v) is 18.3. The summed E-state index contributed by atoms with van der Waals surface area (Å²) in [7, 11) is 0. The number of allylic oxidation sites excluding steroid dienone is 7. The van der Waals surface area contributed by atoms with Crippen LogP contribution in [0, 0.1) is 6.92 Å². The van der Waals surface area contributed by atoms with E-state index in [-0.39, 0.29) is 0 Å². The van der Waals surface area contributed by atoms with Crippen LogP contribution in [0.4, 0.5) is 0 Å². The molecule has 3 heteroatoms. The minimum absolute atomic E-state index is 0.449. The molecule has 0 radical (unpaired) electrons. The fourth-order valence-electron chi connectivity index (χ4n) is 8.14. The molecule has 1 heterocycles. The summed E-state index contributed by atoms with van der Waals surface area (Å²) < 4.78 is 2.37. The summed E-state index contributed by atoms with van der Waals surface area (Å²) in [6.45, 7) is 10.9. The average Bonchev–Trinajstić information content (AvgIpc) is 3.52. The Bertz CT molecular complexity index is 2760. The van der Waals surface area contributed by atoms with Crippen LogP contribution in [0.3, 0.4) is 0 Å². The van der Waals surface area contributed by atoms with Crippen molar-refractivity contribution in [2.24, 2.45) is 9.98 Å². The Morgan fingerprint density at radius 3 is 2.32 bits per heavy atom. The quantitative estimate of drug-likeness (QED) is 0.150. The molecule has 7 aromatic rings. The minimum Gasteiger partial charge on any atom is -0.320 e. The zero-order chi connectivity index (χ0) is 35.9. The van der Waals surface area contributed by atoms with Gasteiger partial charge in [0.15, 0.2) is 0 Å². The van der Waals surface area contributed by atoms with Gasteiger partial charge >= 0.3 is 0 Å². The lowest BCUT2D eigenvalue weighted by molar-refractivity contribution is 0.792. The maximum Gasteiger partial charge on any atom is 0.115 e. The van der Waals surface area contributed by atoms with E-state index in [4.69, 9.17) is 4.99 Å². The molecule has 9 rings (SSSR count). The number of hydrogen-bond donors (Lipinski definition) is 0. The number of para-hydroxylation sites is 1. The summed E-state index contributed by atoms with van der Waals surface area (Å²) in [5.74, 6) is 0. The summed E-state index contributed by atoms with van der Waals surface area (Å²) in [5.41, 5.74) is 15.7. The first-order valence-electron chi connectivity index (χ1n) is 18.3. The van der Waals surface area contributed by atoms with Gasteiger partial charge in [0.1, 0.15) is 6.67 Å². The van der Waals surface area contributed by atoms with Crippen molar-refractivity contribution in [3.8, 4) is 22.3 Å². The Labute approximate surface area is 310 Å². The molecule has 254 valence electrons. The van der Waals surface area contributed by atoms with Crippen LogP contribution in [0.25, 0.3) is 66.6 Å². The molecule has 0 atom stereocenters. The highest BCUT2D eigenvalue weighted by atomic mass is 15.1. The highest BCUT2D eigenvalue weighted by Crippen LogP contribution is 2.40. The Morgan fingerprint density at radius 1 is 0.736 bits per heavy atom. The number of aromatic nitrogens is 1. The predicted molar refractivity (Wildman–Crippen MR) is 228 cm³/mol. The molecule has 0 fully saturated rings. The zero-order valence-electron chi connectivity index (χ0n) is 29.9. The van der Waals surface area contributed by atoms with Crippen LogP contribution < -0.4 is 0 Å². The lowest BCUT2D eigenvalue weighted by Gasteiger charge is -2.23. The van der Waals surface area contributed by atoms with Crippen molar-refractivity contribution in [2.45, 2.75) is 26.4 Å².